The quantitative estimate of drug-likeness (QED) is 0.833. The molecule has 6 heteroatoms. The second-order valence-corrected chi connectivity index (χ2v) is 7.57. The van der Waals surface area contributed by atoms with Gasteiger partial charge in [0, 0.05) is 52.5 Å². The van der Waals surface area contributed by atoms with Crippen LogP contribution in [0.15, 0.2) is 18.3 Å². The molecule has 0 radical (unpaired) electrons. The number of likely N-dealkylation sites (tertiary alicyclic amines) is 1. The maximum Gasteiger partial charge on any atom is 0.255 e. The first-order valence-electron chi connectivity index (χ1n) is 9.26. The number of hydrogen-bond acceptors (Lipinski definition) is 5. The molecule has 0 aliphatic carbocycles. The maximum atomic E-state index is 12.9. The zero-order valence-corrected chi connectivity index (χ0v) is 15.8. The van der Waals surface area contributed by atoms with Crippen LogP contribution in [0.3, 0.4) is 0 Å². The van der Waals surface area contributed by atoms with Gasteiger partial charge in [-0.25, -0.2) is 4.98 Å². The maximum absolute atomic E-state index is 12.9. The Morgan fingerprint density at radius 3 is 2.60 bits per heavy atom. The summed E-state index contributed by atoms with van der Waals surface area (Å²) in [5, 5.41) is 0. The van der Waals surface area contributed by atoms with Gasteiger partial charge in [-0.2, -0.15) is 0 Å². The van der Waals surface area contributed by atoms with Gasteiger partial charge in [-0.3, -0.25) is 9.69 Å². The van der Waals surface area contributed by atoms with Crippen molar-refractivity contribution >= 4 is 11.7 Å². The second kappa shape index (κ2) is 7.70. The van der Waals surface area contributed by atoms with Crippen LogP contribution in [0.4, 0.5) is 5.82 Å². The Hall–Kier alpha value is -1.66. The number of aromatic nitrogens is 1. The molecular weight excluding hydrogens is 316 g/mol. The van der Waals surface area contributed by atoms with Crippen LogP contribution < -0.4 is 4.90 Å². The molecule has 0 N–H and O–H groups in total. The summed E-state index contributed by atoms with van der Waals surface area (Å²) in [6.45, 7) is 7.92. The molecule has 2 aliphatic heterocycles. The Kier molecular flexibility index (Phi) is 5.59. The fraction of sp³-hybridized carbons (Fsp3) is 0.684. The standard InChI is InChI=1S/C19H30N4O2/c1-14-11-22(12-15(2)25-14)13-17-6-5-9-23(17)19(24)16-7-8-18(20-10-16)21(3)4/h7-8,10,14-15,17H,5-6,9,11-13H2,1-4H3/t14-,15-,17+/m1/s1. The Labute approximate surface area is 150 Å². The van der Waals surface area contributed by atoms with Gasteiger partial charge < -0.3 is 14.5 Å². The van der Waals surface area contributed by atoms with Crippen LogP contribution in [0.2, 0.25) is 0 Å². The van der Waals surface area contributed by atoms with Crippen LogP contribution in [0.25, 0.3) is 0 Å². The summed E-state index contributed by atoms with van der Waals surface area (Å²) in [5.41, 5.74) is 0.682. The van der Waals surface area contributed by atoms with Crippen LogP contribution in [0, 0.1) is 0 Å². The van der Waals surface area contributed by atoms with E-state index in [1.807, 2.05) is 36.0 Å². The smallest absolute Gasteiger partial charge is 0.255 e. The summed E-state index contributed by atoms with van der Waals surface area (Å²) in [7, 11) is 3.90. The lowest BCUT2D eigenvalue weighted by Crippen LogP contribution is -2.50. The molecule has 2 saturated heterocycles. The van der Waals surface area contributed by atoms with Crippen LogP contribution >= 0.6 is 0 Å². The number of anilines is 1. The Bertz CT molecular complexity index is 580. The molecule has 3 atom stereocenters. The lowest BCUT2D eigenvalue weighted by Gasteiger charge is -2.38. The van der Waals surface area contributed by atoms with E-state index in [-0.39, 0.29) is 18.1 Å². The Morgan fingerprint density at radius 1 is 1.28 bits per heavy atom. The summed E-state index contributed by atoms with van der Waals surface area (Å²) in [4.78, 5) is 23.7. The SMILES string of the molecule is C[C@@H]1CN(C[C@@H]2CCCN2C(=O)c2ccc(N(C)C)nc2)C[C@@H](C)O1. The van der Waals surface area contributed by atoms with E-state index < -0.39 is 0 Å². The molecule has 0 aromatic carbocycles. The first-order valence-corrected chi connectivity index (χ1v) is 9.26. The van der Waals surface area contributed by atoms with Crippen molar-refractivity contribution in [1.29, 1.82) is 0 Å². The molecule has 0 unspecified atom stereocenters. The number of ether oxygens (including phenoxy) is 1. The lowest BCUT2D eigenvalue weighted by atomic mass is 10.1. The molecule has 3 rings (SSSR count). The van der Waals surface area contributed by atoms with E-state index in [4.69, 9.17) is 4.74 Å². The third-order valence-corrected chi connectivity index (χ3v) is 5.06. The average molecular weight is 346 g/mol. The fourth-order valence-electron chi connectivity index (χ4n) is 3.97. The van der Waals surface area contributed by atoms with Gasteiger partial charge in [0.05, 0.1) is 17.8 Å². The number of morpholine rings is 1. The minimum atomic E-state index is 0.106. The largest absolute Gasteiger partial charge is 0.373 e. The first kappa shape index (κ1) is 18.1. The molecule has 2 aliphatic rings. The minimum absolute atomic E-state index is 0.106. The lowest BCUT2D eigenvalue weighted by molar-refractivity contribution is -0.0715. The zero-order valence-electron chi connectivity index (χ0n) is 15.8. The van der Waals surface area contributed by atoms with Crippen molar-refractivity contribution < 1.29 is 9.53 Å². The molecule has 0 bridgehead atoms. The summed E-state index contributed by atoms with van der Waals surface area (Å²) in [5.74, 6) is 0.973. The first-order chi connectivity index (χ1) is 11.9. The molecule has 138 valence electrons. The molecule has 1 aromatic rings. The predicted molar refractivity (Wildman–Crippen MR) is 99.1 cm³/mol. The van der Waals surface area contributed by atoms with E-state index in [1.54, 1.807) is 6.20 Å². The summed E-state index contributed by atoms with van der Waals surface area (Å²) in [6, 6.07) is 4.08. The van der Waals surface area contributed by atoms with E-state index in [1.165, 1.54) is 0 Å². The normalized spacial score (nSPS) is 27.5. The third-order valence-electron chi connectivity index (χ3n) is 5.06. The summed E-state index contributed by atoms with van der Waals surface area (Å²) in [6.07, 6.45) is 4.38. The average Bonchev–Trinajstić information content (AvgIpc) is 3.01. The number of amides is 1. The molecule has 25 heavy (non-hydrogen) atoms. The van der Waals surface area contributed by atoms with E-state index in [9.17, 15) is 4.79 Å². The van der Waals surface area contributed by atoms with Crippen LogP contribution in [0.1, 0.15) is 37.0 Å². The van der Waals surface area contributed by atoms with E-state index >= 15 is 0 Å². The van der Waals surface area contributed by atoms with Gasteiger partial charge in [-0.15, -0.1) is 0 Å². The topological polar surface area (TPSA) is 48.9 Å². The molecule has 6 nitrogen and oxygen atoms in total. The van der Waals surface area contributed by atoms with Crippen molar-refractivity contribution in [3.63, 3.8) is 0 Å². The van der Waals surface area contributed by atoms with Gasteiger partial charge >= 0.3 is 0 Å². The Balaban J connectivity index is 1.65. The van der Waals surface area contributed by atoms with E-state index in [0.717, 1.165) is 44.8 Å². The number of rotatable bonds is 4. The highest BCUT2D eigenvalue weighted by atomic mass is 16.5. The van der Waals surface area contributed by atoms with Gasteiger partial charge in [-0.1, -0.05) is 0 Å². The summed E-state index contributed by atoms with van der Waals surface area (Å²) < 4.78 is 5.82. The molecule has 1 amide bonds. The molecule has 3 heterocycles. The number of carbonyl (C=O) groups is 1. The predicted octanol–water partition coefficient (Wildman–Crippen LogP) is 1.86. The fourth-order valence-corrected chi connectivity index (χ4v) is 3.97. The second-order valence-electron chi connectivity index (χ2n) is 7.57. The number of pyridine rings is 1. The van der Waals surface area contributed by atoms with Crippen molar-refractivity contribution in [1.82, 2.24) is 14.8 Å². The number of nitrogens with zero attached hydrogens (tertiary/aromatic N) is 4. The van der Waals surface area contributed by atoms with Gasteiger partial charge in [0.25, 0.3) is 5.91 Å². The van der Waals surface area contributed by atoms with E-state index in [2.05, 4.69) is 23.7 Å². The van der Waals surface area contributed by atoms with Crippen molar-refractivity contribution in [2.45, 2.75) is 44.9 Å². The van der Waals surface area contributed by atoms with E-state index in [0.29, 0.717) is 11.6 Å². The van der Waals surface area contributed by atoms with Gasteiger partial charge in [0.1, 0.15) is 5.82 Å². The van der Waals surface area contributed by atoms with Crippen LogP contribution in [-0.4, -0.2) is 79.2 Å². The molecule has 2 fully saturated rings. The van der Waals surface area contributed by atoms with Gasteiger partial charge in [0.2, 0.25) is 0 Å². The van der Waals surface area contributed by atoms with Crippen LogP contribution in [0.5, 0.6) is 0 Å². The van der Waals surface area contributed by atoms with Crippen molar-refractivity contribution in [2.75, 3.05) is 45.2 Å². The highest BCUT2D eigenvalue weighted by Gasteiger charge is 2.33. The highest BCUT2D eigenvalue weighted by Crippen LogP contribution is 2.23. The minimum Gasteiger partial charge on any atom is -0.373 e. The van der Waals surface area contributed by atoms with Crippen molar-refractivity contribution in [3.05, 3.63) is 23.9 Å². The molecule has 0 spiro atoms. The Morgan fingerprint density at radius 2 is 2.00 bits per heavy atom. The molecule has 1 aromatic heterocycles. The third kappa shape index (κ3) is 4.30. The monoisotopic (exact) mass is 346 g/mol. The van der Waals surface area contributed by atoms with Gasteiger partial charge in [0.15, 0.2) is 0 Å². The van der Waals surface area contributed by atoms with Crippen LogP contribution in [-0.2, 0) is 4.74 Å². The number of carbonyl (C=O) groups excluding carboxylic acids is 1. The van der Waals surface area contributed by atoms with Crippen molar-refractivity contribution in [3.8, 4) is 0 Å². The molecular formula is C19H30N4O2. The highest BCUT2D eigenvalue weighted by molar-refractivity contribution is 5.94. The summed E-state index contributed by atoms with van der Waals surface area (Å²) >= 11 is 0. The van der Waals surface area contributed by atoms with Crippen molar-refractivity contribution in [2.24, 2.45) is 0 Å². The number of hydrogen-bond donors (Lipinski definition) is 0. The van der Waals surface area contributed by atoms with Gasteiger partial charge in [-0.05, 0) is 38.8 Å². The molecule has 0 saturated carbocycles. The zero-order chi connectivity index (χ0) is 18.0.